The van der Waals surface area contributed by atoms with Gasteiger partial charge in [-0.3, -0.25) is 4.79 Å². The van der Waals surface area contributed by atoms with Crippen LogP contribution in [0.15, 0.2) is 24.3 Å². The van der Waals surface area contributed by atoms with Crippen LogP contribution in [0.25, 0.3) is 10.1 Å². The zero-order chi connectivity index (χ0) is 14.0. The minimum absolute atomic E-state index is 0.332. The van der Waals surface area contributed by atoms with Crippen molar-refractivity contribution in [2.45, 2.75) is 6.10 Å². The lowest BCUT2D eigenvalue weighted by atomic mass is 10.2. The van der Waals surface area contributed by atoms with E-state index in [2.05, 4.69) is 5.32 Å². The van der Waals surface area contributed by atoms with Crippen molar-refractivity contribution in [3.63, 3.8) is 0 Å². The summed E-state index contributed by atoms with van der Waals surface area (Å²) < 4.78 is 13.6. The number of benzene rings is 1. The Bertz CT molecular complexity index is 640. The number of aliphatic carboxylic acids is 1. The van der Waals surface area contributed by atoms with Crippen LogP contribution in [-0.2, 0) is 4.79 Å². The number of rotatable bonds is 4. The molecule has 0 saturated carbocycles. The van der Waals surface area contributed by atoms with Crippen molar-refractivity contribution in [1.82, 2.24) is 5.32 Å². The van der Waals surface area contributed by atoms with Crippen molar-refractivity contribution < 1.29 is 24.2 Å². The van der Waals surface area contributed by atoms with Gasteiger partial charge in [0.15, 0.2) is 6.10 Å². The van der Waals surface area contributed by atoms with Crippen LogP contribution in [-0.4, -0.2) is 34.7 Å². The van der Waals surface area contributed by atoms with E-state index in [9.17, 15) is 14.0 Å². The fraction of sp³-hybridized carbons (Fsp3) is 0.167. The zero-order valence-corrected chi connectivity index (χ0v) is 10.4. The molecule has 5 nitrogen and oxygen atoms in total. The van der Waals surface area contributed by atoms with Crippen molar-refractivity contribution >= 4 is 33.3 Å². The molecule has 2 aromatic rings. The molecule has 0 fully saturated rings. The quantitative estimate of drug-likeness (QED) is 0.787. The Labute approximate surface area is 111 Å². The van der Waals surface area contributed by atoms with E-state index in [0.29, 0.717) is 9.58 Å². The van der Waals surface area contributed by atoms with E-state index in [1.807, 2.05) is 0 Å². The summed E-state index contributed by atoms with van der Waals surface area (Å²) in [6.45, 7) is -0.378. The molecule has 0 bridgehead atoms. The molecule has 1 unspecified atom stereocenters. The van der Waals surface area contributed by atoms with Crippen LogP contribution in [0.1, 0.15) is 9.67 Å². The number of carbonyl (C=O) groups is 2. The lowest BCUT2D eigenvalue weighted by Crippen LogP contribution is -2.36. The van der Waals surface area contributed by atoms with Gasteiger partial charge in [0.05, 0.1) is 11.4 Å². The maximum atomic E-state index is 13.0. The molecular weight excluding hydrogens is 273 g/mol. The van der Waals surface area contributed by atoms with Gasteiger partial charge >= 0.3 is 5.97 Å². The SMILES string of the molecule is O=C(NCC(O)C(=O)O)c1cc2ccc(F)cc2s1. The summed E-state index contributed by atoms with van der Waals surface area (Å²) in [5.74, 6) is -2.29. The van der Waals surface area contributed by atoms with Crippen molar-refractivity contribution in [2.75, 3.05) is 6.54 Å². The van der Waals surface area contributed by atoms with Gasteiger partial charge in [0.1, 0.15) is 5.82 Å². The van der Waals surface area contributed by atoms with E-state index in [-0.39, 0.29) is 12.4 Å². The molecule has 0 aliphatic heterocycles. The standard InChI is InChI=1S/C12H10FNO4S/c13-7-2-1-6-3-10(19-9(6)4-7)11(16)14-5-8(15)12(17)18/h1-4,8,15H,5H2,(H,14,16)(H,17,18). The third-order valence-corrected chi connectivity index (χ3v) is 3.54. The van der Waals surface area contributed by atoms with Gasteiger partial charge in [-0.15, -0.1) is 11.3 Å². The van der Waals surface area contributed by atoms with E-state index < -0.39 is 18.0 Å². The summed E-state index contributed by atoms with van der Waals surface area (Å²) in [6, 6.07) is 5.76. The molecular formula is C12H10FNO4S. The van der Waals surface area contributed by atoms with Gasteiger partial charge in [-0.25, -0.2) is 9.18 Å². The van der Waals surface area contributed by atoms with Crippen LogP contribution in [0.3, 0.4) is 0 Å². The molecule has 1 aromatic heterocycles. The van der Waals surface area contributed by atoms with E-state index in [1.54, 1.807) is 12.1 Å². The third kappa shape index (κ3) is 3.07. The Balaban J connectivity index is 2.11. The minimum atomic E-state index is -1.64. The molecule has 0 radical (unpaired) electrons. The number of carboxylic acids is 1. The summed E-state index contributed by atoms with van der Waals surface area (Å²) in [4.78, 5) is 22.4. The first-order chi connectivity index (χ1) is 8.97. The largest absolute Gasteiger partial charge is 0.479 e. The topological polar surface area (TPSA) is 86.6 Å². The van der Waals surface area contributed by atoms with Crippen molar-refractivity contribution in [1.29, 1.82) is 0 Å². The summed E-state index contributed by atoms with van der Waals surface area (Å²) in [6.07, 6.45) is -1.64. The number of amides is 1. The number of fused-ring (bicyclic) bond motifs is 1. The lowest BCUT2D eigenvalue weighted by molar-refractivity contribution is -0.146. The Kier molecular flexibility index (Phi) is 3.77. The zero-order valence-electron chi connectivity index (χ0n) is 9.59. The van der Waals surface area contributed by atoms with Crippen LogP contribution >= 0.6 is 11.3 Å². The number of nitrogens with one attached hydrogen (secondary N) is 1. The van der Waals surface area contributed by atoms with Crippen LogP contribution in [0, 0.1) is 5.82 Å². The first-order valence-electron chi connectivity index (χ1n) is 5.35. The fourth-order valence-electron chi connectivity index (χ4n) is 1.48. The van der Waals surface area contributed by atoms with Gasteiger partial charge < -0.3 is 15.5 Å². The molecule has 3 N–H and O–H groups in total. The summed E-state index contributed by atoms with van der Waals surface area (Å²) >= 11 is 1.10. The highest BCUT2D eigenvalue weighted by atomic mass is 32.1. The Morgan fingerprint density at radius 2 is 2.11 bits per heavy atom. The molecule has 1 aromatic carbocycles. The summed E-state index contributed by atoms with van der Waals surface area (Å²) in [5, 5.41) is 20.5. The van der Waals surface area contributed by atoms with E-state index in [4.69, 9.17) is 10.2 Å². The normalized spacial score (nSPS) is 12.3. The summed E-state index contributed by atoms with van der Waals surface area (Å²) in [7, 11) is 0. The van der Waals surface area contributed by atoms with Gasteiger partial charge in [0, 0.05) is 4.70 Å². The molecule has 1 amide bonds. The second-order valence-electron chi connectivity index (χ2n) is 3.86. The van der Waals surface area contributed by atoms with Gasteiger partial charge in [0.2, 0.25) is 0 Å². The van der Waals surface area contributed by atoms with Crippen molar-refractivity contribution in [2.24, 2.45) is 0 Å². The number of carboxylic acid groups (broad SMARTS) is 1. The van der Waals surface area contributed by atoms with Crippen LogP contribution in [0.2, 0.25) is 0 Å². The van der Waals surface area contributed by atoms with Gasteiger partial charge in [-0.1, -0.05) is 6.07 Å². The Morgan fingerprint density at radius 3 is 2.79 bits per heavy atom. The number of carbonyl (C=O) groups excluding carboxylic acids is 1. The van der Waals surface area contributed by atoms with Crippen molar-refractivity contribution in [3.05, 3.63) is 35.0 Å². The minimum Gasteiger partial charge on any atom is -0.479 e. The fourth-order valence-corrected chi connectivity index (χ4v) is 2.48. The molecule has 100 valence electrons. The molecule has 19 heavy (non-hydrogen) atoms. The second kappa shape index (κ2) is 5.33. The first kappa shape index (κ1) is 13.4. The lowest BCUT2D eigenvalue weighted by Gasteiger charge is -2.06. The predicted octanol–water partition coefficient (Wildman–Crippen LogP) is 1.22. The number of thiophene rings is 1. The Morgan fingerprint density at radius 1 is 1.37 bits per heavy atom. The van der Waals surface area contributed by atoms with Gasteiger partial charge in [-0.05, 0) is 23.6 Å². The molecule has 0 aliphatic rings. The smallest absolute Gasteiger partial charge is 0.334 e. The molecule has 1 heterocycles. The highest BCUT2D eigenvalue weighted by Crippen LogP contribution is 2.26. The van der Waals surface area contributed by atoms with Crippen LogP contribution in [0.4, 0.5) is 4.39 Å². The maximum Gasteiger partial charge on any atom is 0.334 e. The molecule has 7 heteroatoms. The Hall–Kier alpha value is -1.99. The van der Waals surface area contributed by atoms with Gasteiger partial charge in [-0.2, -0.15) is 0 Å². The average Bonchev–Trinajstić information content (AvgIpc) is 2.78. The maximum absolute atomic E-state index is 13.0. The van der Waals surface area contributed by atoms with Gasteiger partial charge in [0.25, 0.3) is 5.91 Å². The van der Waals surface area contributed by atoms with Crippen LogP contribution < -0.4 is 5.32 Å². The second-order valence-corrected chi connectivity index (χ2v) is 4.94. The average molecular weight is 283 g/mol. The third-order valence-electron chi connectivity index (χ3n) is 2.45. The first-order valence-corrected chi connectivity index (χ1v) is 6.17. The number of aliphatic hydroxyl groups is 1. The predicted molar refractivity (Wildman–Crippen MR) is 67.8 cm³/mol. The number of aliphatic hydroxyl groups excluding tert-OH is 1. The van der Waals surface area contributed by atoms with Crippen LogP contribution in [0.5, 0.6) is 0 Å². The number of halogens is 1. The molecule has 0 saturated heterocycles. The molecule has 0 spiro atoms. The molecule has 0 aliphatic carbocycles. The van der Waals surface area contributed by atoms with E-state index >= 15 is 0 Å². The van der Waals surface area contributed by atoms with E-state index in [0.717, 1.165) is 16.7 Å². The molecule has 1 atom stereocenters. The highest BCUT2D eigenvalue weighted by Gasteiger charge is 2.16. The monoisotopic (exact) mass is 283 g/mol. The number of hydrogen-bond acceptors (Lipinski definition) is 4. The highest BCUT2D eigenvalue weighted by molar-refractivity contribution is 7.20. The summed E-state index contributed by atoms with van der Waals surface area (Å²) in [5.41, 5.74) is 0. The molecule has 2 rings (SSSR count). The van der Waals surface area contributed by atoms with Crippen molar-refractivity contribution in [3.8, 4) is 0 Å². The van der Waals surface area contributed by atoms with E-state index in [1.165, 1.54) is 12.1 Å². The number of hydrogen-bond donors (Lipinski definition) is 3.